The molecule has 2 heterocycles. The van der Waals surface area contributed by atoms with E-state index in [1.54, 1.807) is 4.90 Å². The summed E-state index contributed by atoms with van der Waals surface area (Å²) in [5, 5.41) is 8.86. The number of carbonyl (C=O) groups excluding carboxylic acids is 2. The Hall–Kier alpha value is -1.63. The zero-order chi connectivity index (χ0) is 14.9. The van der Waals surface area contributed by atoms with Gasteiger partial charge in [0.25, 0.3) is 5.91 Å². The monoisotopic (exact) mass is 285 g/mol. The minimum atomic E-state index is -1.04. The van der Waals surface area contributed by atoms with Crippen molar-refractivity contribution in [2.45, 2.75) is 32.0 Å². The molecule has 2 saturated heterocycles. The van der Waals surface area contributed by atoms with Gasteiger partial charge in [-0.15, -0.1) is 0 Å². The second kappa shape index (κ2) is 5.78. The summed E-state index contributed by atoms with van der Waals surface area (Å²) in [5.74, 6) is -1.87. The van der Waals surface area contributed by atoms with Gasteiger partial charge in [0.15, 0.2) is 6.10 Å². The first kappa shape index (κ1) is 14.8. The first-order valence-corrected chi connectivity index (χ1v) is 6.69. The number of nitrogens with zero attached hydrogens (tertiary/aromatic N) is 1. The van der Waals surface area contributed by atoms with Crippen LogP contribution in [0.5, 0.6) is 0 Å². The van der Waals surface area contributed by atoms with Gasteiger partial charge in [-0.05, 0) is 18.8 Å². The van der Waals surface area contributed by atoms with Crippen LogP contribution in [0.15, 0.2) is 0 Å². The van der Waals surface area contributed by atoms with E-state index in [0.717, 1.165) is 0 Å². The SMILES string of the molecule is COC(=O)C1CN(C(=O)[C@@H]2CC[C@H](C(=O)O)O2)CC1C. The molecular formula is C13H19NO6. The van der Waals surface area contributed by atoms with E-state index in [0.29, 0.717) is 25.9 Å². The Morgan fingerprint density at radius 1 is 1.20 bits per heavy atom. The van der Waals surface area contributed by atoms with Crippen LogP contribution in [0.25, 0.3) is 0 Å². The molecule has 0 aromatic rings. The van der Waals surface area contributed by atoms with Crippen LogP contribution in [0, 0.1) is 11.8 Å². The number of carbonyl (C=O) groups is 3. The quantitative estimate of drug-likeness (QED) is 0.727. The largest absolute Gasteiger partial charge is 0.479 e. The summed E-state index contributed by atoms with van der Waals surface area (Å²) in [7, 11) is 1.33. The number of carboxylic acids is 1. The van der Waals surface area contributed by atoms with Crippen molar-refractivity contribution in [2.24, 2.45) is 11.8 Å². The van der Waals surface area contributed by atoms with E-state index in [1.165, 1.54) is 7.11 Å². The molecule has 2 aliphatic rings. The lowest BCUT2D eigenvalue weighted by Gasteiger charge is -2.20. The summed E-state index contributed by atoms with van der Waals surface area (Å²) in [6, 6.07) is 0. The van der Waals surface area contributed by atoms with E-state index in [-0.39, 0.29) is 23.7 Å². The van der Waals surface area contributed by atoms with Crippen LogP contribution in [0.3, 0.4) is 0 Å². The van der Waals surface area contributed by atoms with Gasteiger partial charge in [-0.1, -0.05) is 6.92 Å². The van der Waals surface area contributed by atoms with Crippen LogP contribution in [-0.2, 0) is 23.9 Å². The van der Waals surface area contributed by atoms with Crippen molar-refractivity contribution in [3.05, 3.63) is 0 Å². The molecule has 0 bridgehead atoms. The second-order valence-electron chi connectivity index (χ2n) is 5.38. The normalized spacial score (nSPS) is 33.2. The van der Waals surface area contributed by atoms with Gasteiger partial charge in [-0.3, -0.25) is 9.59 Å². The molecule has 0 aromatic carbocycles. The Morgan fingerprint density at radius 2 is 1.85 bits per heavy atom. The van der Waals surface area contributed by atoms with E-state index >= 15 is 0 Å². The van der Waals surface area contributed by atoms with Gasteiger partial charge in [0.2, 0.25) is 0 Å². The number of carboxylic acid groups (broad SMARTS) is 1. The van der Waals surface area contributed by atoms with Crippen LogP contribution in [0.2, 0.25) is 0 Å². The molecule has 1 N–H and O–H groups in total. The van der Waals surface area contributed by atoms with Crippen molar-refractivity contribution < 1.29 is 29.0 Å². The number of hydrogen-bond acceptors (Lipinski definition) is 5. The maximum absolute atomic E-state index is 12.3. The summed E-state index contributed by atoms with van der Waals surface area (Å²) in [6.07, 6.45) is -0.862. The summed E-state index contributed by atoms with van der Waals surface area (Å²) >= 11 is 0. The lowest BCUT2D eigenvalue weighted by molar-refractivity contribution is -0.154. The fraction of sp³-hybridized carbons (Fsp3) is 0.769. The summed E-state index contributed by atoms with van der Waals surface area (Å²) in [4.78, 5) is 36.2. The van der Waals surface area contributed by atoms with Crippen molar-refractivity contribution in [1.82, 2.24) is 4.90 Å². The average Bonchev–Trinajstić information content (AvgIpc) is 3.03. The zero-order valence-corrected chi connectivity index (χ0v) is 11.6. The van der Waals surface area contributed by atoms with Gasteiger partial charge in [-0.25, -0.2) is 4.79 Å². The van der Waals surface area contributed by atoms with Crippen LogP contribution >= 0.6 is 0 Å². The highest BCUT2D eigenvalue weighted by atomic mass is 16.5. The van der Waals surface area contributed by atoms with E-state index in [2.05, 4.69) is 0 Å². The first-order valence-electron chi connectivity index (χ1n) is 6.69. The topological polar surface area (TPSA) is 93.1 Å². The summed E-state index contributed by atoms with van der Waals surface area (Å²) in [5.41, 5.74) is 0. The molecule has 0 radical (unpaired) electrons. The highest BCUT2D eigenvalue weighted by Gasteiger charge is 2.42. The van der Waals surface area contributed by atoms with Crippen molar-refractivity contribution >= 4 is 17.8 Å². The van der Waals surface area contributed by atoms with E-state index in [9.17, 15) is 14.4 Å². The van der Waals surface area contributed by atoms with Crippen LogP contribution < -0.4 is 0 Å². The van der Waals surface area contributed by atoms with Crippen LogP contribution in [-0.4, -0.2) is 60.3 Å². The molecule has 112 valence electrons. The molecule has 0 saturated carbocycles. The predicted molar refractivity (Wildman–Crippen MR) is 66.8 cm³/mol. The number of esters is 1. The number of methoxy groups -OCH3 is 1. The summed E-state index contributed by atoms with van der Waals surface area (Å²) < 4.78 is 9.97. The van der Waals surface area contributed by atoms with Gasteiger partial charge in [0.1, 0.15) is 6.10 Å². The molecule has 2 unspecified atom stereocenters. The van der Waals surface area contributed by atoms with Crippen molar-refractivity contribution in [1.29, 1.82) is 0 Å². The molecule has 7 nitrogen and oxygen atoms in total. The number of hydrogen-bond donors (Lipinski definition) is 1. The molecule has 20 heavy (non-hydrogen) atoms. The molecule has 7 heteroatoms. The fourth-order valence-corrected chi connectivity index (χ4v) is 2.81. The van der Waals surface area contributed by atoms with Crippen molar-refractivity contribution in [2.75, 3.05) is 20.2 Å². The molecule has 0 spiro atoms. The molecule has 2 rings (SSSR count). The smallest absolute Gasteiger partial charge is 0.332 e. The Morgan fingerprint density at radius 3 is 2.40 bits per heavy atom. The Labute approximate surface area is 116 Å². The minimum Gasteiger partial charge on any atom is -0.479 e. The minimum absolute atomic E-state index is 0.0306. The van der Waals surface area contributed by atoms with E-state index in [4.69, 9.17) is 14.6 Å². The number of ether oxygens (including phenoxy) is 2. The molecule has 4 atom stereocenters. The summed E-state index contributed by atoms with van der Waals surface area (Å²) in [6.45, 7) is 2.67. The second-order valence-corrected chi connectivity index (χ2v) is 5.38. The highest BCUT2D eigenvalue weighted by molar-refractivity contribution is 5.84. The van der Waals surface area contributed by atoms with Crippen molar-refractivity contribution in [3.63, 3.8) is 0 Å². The molecule has 0 aliphatic carbocycles. The highest BCUT2D eigenvalue weighted by Crippen LogP contribution is 2.28. The van der Waals surface area contributed by atoms with Gasteiger partial charge in [-0.2, -0.15) is 0 Å². The Balaban J connectivity index is 1.95. The number of amides is 1. The molecular weight excluding hydrogens is 266 g/mol. The number of likely N-dealkylation sites (tertiary alicyclic amines) is 1. The van der Waals surface area contributed by atoms with Gasteiger partial charge in [0, 0.05) is 13.1 Å². The average molecular weight is 285 g/mol. The zero-order valence-electron chi connectivity index (χ0n) is 11.6. The van der Waals surface area contributed by atoms with Gasteiger partial charge >= 0.3 is 11.9 Å². The lowest BCUT2D eigenvalue weighted by atomic mass is 9.99. The molecule has 2 fully saturated rings. The van der Waals surface area contributed by atoms with Crippen LogP contribution in [0.4, 0.5) is 0 Å². The Kier molecular flexibility index (Phi) is 4.27. The third kappa shape index (κ3) is 2.77. The maximum atomic E-state index is 12.3. The van der Waals surface area contributed by atoms with Gasteiger partial charge in [0.05, 0.1) is 13.0 Å². The van der Waals surface area contributed by atoms with E-state index < -0.39 is 18.2 Å². The Bertz CT molecular complexity index is 423. The third-order valence-electron chi connectivity index (χ3n) is 4.00. The first-order chi connectivity index (χ1) is 9.43. The molecule has 0 aromatic heterocycles. The standard InChI is InChI=1S/C13H19NO6/c1-7-5-14(6-8(7)13(18)19-2)11(15)9-3-4-10(20-9)12(16)17/h7-10H,3-6H2,1-2H3,(H,16,17)/t7?,8?,9-,10+/m0/s1. The number of rotatable bonds is 3. The van der Waals surface area contributed by atoms with Crippen LogP contribution in [0.1, 0.15) is 19.8 Å². The third-order valence-corrected chi connectivity index (χ3v) is 4.00. The van der Waals surface area contributed by atoms with E-state index in [1.807, 2.05) is 6.92 Å². The maximum Gasteiger partial charge on any atom is 0.332 e. The molecule has 2 aliphatic heterocycles. The molecule has 1 amide bonds. The lowest BCUT2D eigenvalue weighted by Crippen LogP contribution is -2.39. The predicted octanol–water partition coefficient (Wildman–Crippen LogP) is -0.114. The fourth-order valence-electron chi connectivity index (χ4n) is 2.81. The number of aliphatic carboxylic acids is 1. The van der Waals surface area contributed by atoms with Crippen molar-refractivity contribution in [3.8, 4) is 0 Å². The van der Waals surface area contributed by atoms with Gasteiger partial charge < -0.3 is 19.5 Å².